The molecule has 0 heterocycles. The van der Waals surface area contributed by atoms with Gasteiger partial charge in [0.05, 0.1) is 0 Å². The van der Waals surface area contributed by atoms with E-state index in [-0.39, 0.29) is 12.6 Å². The Hall–Kier alpha value is -1.05. The van der Waals surface area contributed by atoms with E-state index in [0.717, 1.165) is 18.6 Å². The third-order valence-electron chi connectivity index (χ3n) is 2.51. The minimum Gasteiger partial charge on any atom is -0.328 e. The van der Waals surface area contributed by atoms with Gasteiger partial charge in [-0.1, -0.05) is 6.92 Å². The largest absolute Gasteiger partial charge is 0.328 e. The molecule has 0 spiro atoms. The molecule has 0 aliphatic heterocycles. The minimum atomic E-state index is -4.04. The smallest absolute Gasteiger partial charge is 0.243 e. The first-order valence-corrected chi connectivity index (χ1v) is 7.05. The fourth-order valence-corrected chi connectivity index (χ4v) is 2.48. The summed E-state index contributed by atoms with van der Waals surface area (Å²) in [7, 11) is -4.04. The van der Waals surface area contributed by atoms with Crippen molar-refractivity contribution in [3.63, 3.8) is 0 Å². The Morgan fingerprint density at radius 1 is 1.39 bits per heavy atom. The molecule has 0 bridgehead atoms. The fourth-order valence-electron chi connectivity index (χ4n) is 1.34. The molecule has 1 atom stereocenters. The summed E-state index contributed by atoms with van der Waals surface area (Å²) in [6, 6.07) is 2.17. The van der Waals surface area contributed by atoms with Gasteiger partial charge in [-0.15, -0.1) is 0 Å². The zero-order valence-electron chi connectivity index (χ0n) is 9.99. The molecule has 1 aromatic rings. The van der Waals surface area contributed by atoms with Crippen LogP contribution in [0, 0.1) is 11.6 Å². The van der Waals surface area contributed by atoms with Crippen LogP contribution in [0.25, 0.3) is 0 Å². The van der Waals surface area contributed by atoms with Crippen LogP contribution in [0.4, 0.5) is 8.78 Å². The van der Waals surface area contributed by atoms with Crippen LogP contribution in [0.3, 0.4) is 0 Å². The Morgan fingerprint density at radius 3 is 2.67 bits per heavy atom. The van der Waals surface area contributed by atoms with Crippen LogP contribution in [0.15, 0.2) is 23.1 Å². The van der Waals surface area contributed by atoms with Gasteiger partial charge in [-0.25, -0.2) is 21.9 Å². The number of sulfonamides is 1. The molecule has 1 rings (SSSR count). The maximum Gasteiger partial charge on any atom is 0.243 e. The highest BCUT2D eigenvalue weighted by Crippen LogP contribution is 2.15. The number of rotatable bonds is 6. The summed E-state index contributed by atoms with van der Waals surface area (Å²) in [5.74, 6) is -1.79. The second-order valence-electron chi connectivity index (χ2n) is 3.93. The molecule has 1 aromatic carbocycles. The van der Waals surface area contributed by atoms with Gasteiger partial charge in [-0.05, 0) is 31.0 Å². The van der Waals surface area contributed by atoms with E-state index in [1.165, 1.54) is 0 Å². The van der Waals surface area contributed by atoms with Gasteiger partial charge >= 0.3 is 0 Å². The lowest BCUT2D eigenvalue weighted by molar-refractivity contribution is 0.537. The molecule has 0 fully saturated rings. The summed E-state index contributed by atoms with van der Waals surface area (Å²) >= 11 is 0. The normalized spacial score (nSPS) is 13.6. The van der Waals surface area contributed by atoms with Crippen molar-refractivity contribution in [1.29, 1.82) is 0 Å². The molecular weight excluding hydrogens is 262 g/mol. The maximum absolute atomic E-state index is 13.3. The molecule has 7 heteroatoms. The third kappa shape index (κ3) is 4.01. The van der Waals surface area contributed by atoms with E-state index in [0.29, 0.717) is 12.5 Å². The molecule has 102 valence electrons. The zero-order valence-corrected chi connectivity index (χ0v) is 10.8. The van der Waals surface area contributed by atoms with Crippen LogP contribution in [0.2, 0.25) is 0 Å². The molecule has 1 unspecified atom stereocenters. The van der Waals surface area contributed by atoms with Crippen molar-refractivity contribution < 1.29 is 17.2 Å². The molecule has 18 heavy (non-hydrogen) atoms. The molecule has 0 amide bonds. The molecule has 0 radical (unpaired) electrons. The SMILES string of the molecule is CCC(N)CCNS(=O)(=O)c1cc(F)ccc1F. The number of nitrogens with one attached hydrogen (secondary N) is 1. The lowest BCUT2D eigenvalue weighted by Gasteiger charge is -2.10. The van der Waals surface area contributed by atoms with Gasteiger partial charge in [0.1, 0.15) is 16.5 Å². The van der Waals surface area contributed by atoms with Gasteiger partial charge in [0.25, 0.3) is 0 Å². The van der Waals surface area contributed by atoms with E-state index in [9.17, 15) is 17.2 Å². The van der Waals surface area contributed by atoms with E-state index in [1.54, 1.807) is 0 Å². The minimum absolute atomic E-state index is 0.0906. The van der Waals surface area contributed by atoms with Crippen LogP contribution >= 0.6 is 0 Å². The number of halogens is 2. The van der Waals surface area contributed by atoms with Crippen molar-refractivity contribution in [2.45, 2.75) is 30.7 Å². The number of hydrogen-bond acceptors (Lipinski definition) is 3. The standard InChI is InChI=1S/C11H16F2N2O2S/c1-2-9(14)5-6-15-18(16,17)11-7-8(12)3-4-10(11)13/h3-4,7,9,15H,2,5-6,14H2,1H3. The molecule has 4 nitrogen and oxygen atoms in total. The summed E-state index contributed by atoms with van der Waals surface area (Å²) in [6.07, 6.45) is 1.16. The van der Waals surface area contributed by atoms with Crippen molar-refractivity contribution in [2.75, 3.05) is 6.54 Å². The summed E-state index contributed by atoms with van der Waals surface area (Å²) < 4.78 is 51.8. The average molecular weight is 278 g/mol. The molecule has 0 aliphatic rings. The molecular formula is C11H16F2N2O2S. The fraction of sp³-hybridized carbons (Fsp3) is 0.455. The lowest BCUT2D eigenvalue weighted by atomic mass is 10.2. The van der Waals surface area contributed by atoms with Crippen molar-refractivity contribution in [1.82, 2.24) is 4.72 Å². The number of benzene rings is 1. The van der Waals surface area contributed by atoms with Gasteiger partial charge in [-0.2, -0.15) is 0 Å². The van der Waals surface area contributed by atoms with E-state index in [2.05, 4.69) is 4.72 Å². The summed E-state index contributed by atoms with van der Waals surface area (Å²) in [5.41, 5.74) is 5.63. The van der Waals surface area contributed by atoms with Crippen molar-refractivity contribution in [3.05, 3.63) is 29.8 Å². The van der Waals surface area contributed by atoms with E-state index >= 15 is 0 Å². The van der Waals surface area contributed by atoms with Crippen LogP contribution < -0.4 is 10.5 Å². The second-order valence-corrected chi connectivity index (χ2v) is 5.66. The molecule has 3 N–H and O–H groups in total. The summed E-state index contributed by atoms with van der Waals surface area (Å²) in [4.78, 5) is -0.687. The summed E-state index contributed by atoms with van der Waals surface area (Å²) in [5, 5.41) is 0. The summed E-state index contributed by atoms with van der Waals surface area (Å²) in [6.45, 7) is 1.97. The van der Waals surface area contributed by atoms with E-state index in [1.807, 2.05) is 6.92 Å². The van der Waals surface area contributed by atoms with Crippen LogP contribution in [0.1, 0.15) is 19.8 Å². The Bertz CT molecular complexity index is 506. The van der Waals surface area contributed by atoms with Crippen LogP contribution in [-0.2, 0) is 10.0 Å². The van der Waals surface area contributed by atoms with Gasteiger partial charge in [0.15, 0.2) is 0 Å². The van der Waals surface area contributed by atoms with Gasteiger partial charge in [0.2, 0.25) is 10.0 Å². The van der Waals surface area contributed by atoms with E-state index in [4.69, 9.17) is 5.73 Å². The van der Waals surface area contributed by atoms with E-state index < -0.39 is 26.6 Å². The predicted octanol–water partition coefficient (Wildman–Crippen LogP) is 1.37. The topological polar surface area (TPSA) is 72.2 Å². The first-order valence-electron chi connectivity index (χ1n) is 5.57. The lowest BCUT2D eigenvalue weighted by Crippen LogP contribution is -2.30. The quantitative estimate of drug-likeness (QED) is 0.825. The first-order chi connectivity index (χ1) is 8.36. The molecule has 0 aliphatic carbocycles. The predicted molar refractivity (Wildman–Crippen MR) is 64.4 cm³/mol. The monoisotopic (exact) mass is 278 g/mol. The zero-order chi connectivity index (χ0) is 13.8. The number of hydrogen-bond donors (Lipinski definition) is 2. The second kappa shape index (κ2) is 6.21. The molecule has 0 saturated heterocycles. The van der Waals surface area contributed by atoms with Gasteiger partial charge < -0.3 is 5.73 Å². The third-order valence-corrected chi connectivity index (χ3v) is 3.99. The maximum atomic E-state index is 13.3. The van der Waals surface area contributed by atoms with Crippen LogP contribution in [-0.4, -0.2) is 21.0 Å². The average Bonchev–Trinajstić information content (AvgIpc) is 2.31. The first kappa shape index (κ1) is 15.0. The van der Waals surface area contributed by atoms with Crippen molar-refractivity contribution >= 4 is 10.0 Å². The van der Waals surface area contributed by atoms with Crippen molar-refractivity contribution in [2.24, 2.45) is 5.73 Å². The van der Waals surface area contributed by atoms with Gasteiger partial charge in [-0.3, -0.25) is 0 Å². The van der Waals surface area contributed by atoms with Crippen LogP contribution in [0.5, 0.6) is 0 Å². The molecule has 0 aromatic heterocycles. The Morgan fingerprint density at radius 2 is 2.06 bits per heavy atom. The highest BCUT2D eigenvalue weighted by Gasteiger charge is 2.19. The Kier molecular flexibility index (Phi) is 5.18. The highest BCUT2D eigenvalue weighted by atomic mass is 32.2. The highest BCUT2D eigenvalue weighted by molar-refractivity contribution is 7.89. The Labute approximate surface area is 105 Å². The van der Waals surface area contributed by atoms with Gasteiger partial charge in [0, 0.05) is 12.6 Å². The number of nitrogens with two attached hydrogens (primary N) is 1. The van der Waals surface area contributed by atoms with Crippen molar-refractivity contribution in [3.8, 4) is 0 Å². The Balaban J connectivity index is 2.77. The molecule has 0 saturated carbocycles.